The largest absolute Gasteiger partial charge is 0.303 e. The Morgan fingerprint density at radius 2 is 2.00 bits per heavy atom. The summed E-state index contributed by atoms with van der Waals surface area (Å²) < 4.78 is 0. The maximum atomic E-state index is 2.64. The van der Waals surface area contributed by atoms with Crippen LogP contribution in [0, 0.1) is 6.92 Å². The molecule has 0 aliphatic carbocycles. The molecule has 16 heavy (non-hydrogen) atoms. The van der Waals surface area contributed by atoms with Crippen LogP contribution in [0.5, 0.6) is 0 Å². The maximum Gasteiger partial charge on any atom is 0.00776 e. The van der Waals surface area contributed by atoms with Crippen molar-refractivity contribution in [1.29, 1.82) is 0 Å². The second kappa shape index (κ2) is 5.83. The molecule has 1 nitrogen and oxygen atoms in total. The van der Waals surface area contributed by atoms with Crippen molar-refractivity contribution < 1.29 is 0 Å². The third-order valence-electron chi connectivity index (χ3n) is 3.64. The molecule has 1 aliphatic rings. The average molecular weight is 237 g/mol. The monoisotopic (exact) mass is 237 g/mol. The number of aryl methyl sites for hydroxylation is 2. The molecule has 1 aliphatic heterocycles. The van der Waals surface area contributed by atoms with Gasteiger partial charge in [-0.15, -0.1) is 11.3 Å². The summed E-state index contributed by atoms with van der Waals surface area (Å²) in [5.74, 6) is 0. The molecule has 1 aromatic heterocycles. The Morgan fingerprint density at radius 3 is 2.69 bits per heavy atom. The molecule has 0 atom stereocenters. The van der Waals surface area contributed by atoms with Gasteiger partial charge in [-0.2, -0.15) is 0 Å². The molecule has 0 spiro atoms. The van der Waals surface area contributed by atoms with Crippen molar-refractivity contribution >= 4 is 11.3 Å². The highest BCUT2D eigenvalue weighted by Crippen LogP contribution is 2.23. The fourth-order valence-corrected chi connectivity index (χ4v) is 3.64. The molecule has 0 aromatic carbocycles. The zero-order valence-corrected chi connectivity index (χ0v) is 11.4. The molecule has 0 N–H and O–H groups in total. The fourth-order valence-electron chi connectivity index (χ4n) is 2.61. The van der Waals surface area contributed by atoms with Crippen LogP contribution < -0.4 is 0 Å². The van der Waals surface area contributed by atoms with Crippen LogP contribution in [0.4, 0.5) is 0 Å². The van der Waals surface area contributed by atoms with Gasteiger partial charge in [0.1, 0.15) is 0 Å². The summed E-state index contributed by atoms with van der Waals surface area (Å²) in [5.41, 5.74) is 3.15. The summed E-state index contributed by atoms with van der Waals surface area (Å²) >= 11 is 1.94. The number of nitrogens with zero attached hydrogens (tertiary/aromatic N) is 1. The lowest BCUT2D eigenvalue weighted by Crippen LogP contribution is -2.31. The van der Waals surface area contributed by atoms with Gasteiger partial charge in [-0.25, -0.2) is 0 Å². The van der Waals surface area contributed by atoms with Crippen LogP contribution >= 0.6 is 11.3 Å². The second-order valence-corrected chi connectivity index (χ2v) is 5.79. The highest BCUT2D eigenvalue weighted by molar-refractivity contribution is 7.10. The minimum absolute atomic E-state index is 1.20. The minimum atomic E-state index is 1.20. The summed E-state index contributed by atoms with van der Waals surface area (Å²) in [5, 5.41) is 2.32. The Hall–Kier alpha value is -0.340. The molecule has 90 valence electrons. The zero-order chi connectivity index (χ0) is 11.4. The Kier molecular flexibility index (Phi) is 4.42. The second-order valence-electron chi connectivity index (χ2n) is 4.83. The van der Waals surface area contributed by atoms with E-state index in [2.05, 4.69) is 24.1 Å². The number of hydrogen-bond donors (Lipinski definition) is 0. The predicted octanol–water partition coefficient (Wildman–Crippen LogP) is 3.65. The third-order valence-corrected chi connectivity index (χ3v) is 4.93. The van der Waals surface area contributed by atoms with Gasteiger partial charge in [0.15, 0.2) is 0 Å². The molecule has 2 heteroatoms. The van der Waals surface area contributed by atoms with E-state index >= 15 is 0 Å². The molecule has 1 fully saturated rings. The van der Waals surface area contributed by atoms with E-state index in [1.165, 1.54) is 57.3 Å². The lowest BCUT2D eigenvalue weighted by Gasteiger charge is -2.26. The van der Waals surface area contributed by atoms with Gasteiger partial charge in [0, 0.05) is 11.4 Å². The Bertz CT molecular complexity index is 323. The first-order valence-electron chi connectivity index (χ1n) is 6.59. The average Bonchev–Trinajstić information content (AvgIpc) is 2.69. The molecule has 0 radical (unpaired) electrons. The molecule has 1 aromatic rings. The van der Waals surface area contributed by atoms with Gasteiger partial charge in [0.05, 0.1) is 0 Å². The highest BCUT2D eigenvalue weighted by Gasteiger charge is 2.12. The van der Waals surface area contributed by atoms with Crippen molar-refractivity contribution in [2.45, 2.75) is 46.0 Å². The van der Waals surface area contributed by atoms with E-state index in [9.17, 15) is 0 Å². The topological polar surface area (TPSA) is 3.24 Å². The van der Waals surface area contributed by atoms with Crippen LogP contribution in [-0.2, 0) is 12.8 Å². The summed E-state index contributed by atoms with van der Waals surface area (Å²) in [6.07, 6.45) is 6.72. The van der Waals surface area contributed by atoms with Gasteiger partial charge < -0.3 is 4.90 Å². The Balaban J connectivity index is 1.90. The summed E-state index contributed by atoms with van der Waals surface area (Å²) in [6, 6.07) is 0. The maximum absolute atomic E-state index is 2.64. The molecule has 2 heterocycles. The van der Waals surface area contributed by atoms with Crippen molar-refractivity contribution in [3.05, 3.63) is 21.4 Å². The van der Waals surface area contributed by atoms with Crippen LogP contribution in [-0.4, -0.2) is 24.5 Å². The van der Waals surface area contributed by atoms with Crippen LogP contribution in [0.1, 0.15) is 42.2 Å². The van der Waals surface area contributed by atoms with Crippen molar-refractivity contribution in [2.24, 2.45) is 0 Å². The summed E-state index contributed by atoms with van der Waals surface area (Å²) in [6.45, 7) is 8.46. The van der Waals surface area contributed by atoms with E-state index in [4.69, 9.17) is 0 Å². The van der Waals surface area contributed by atoms with E-state index in [0.29, 0.717) is 0 Å². The van der Waals surface area contributed by atoms with Crippen LogP contribution in [0.2, 0.25) is 0 Å². The lowest BCUT2D eigenvalue weighted by molar-refractivity contribution is 0.231. The summed E-state index contributed by atoms with van der Waals surface area (Å²) in [4.78, 5) is 4.24. The van der Waals surface area contributed by atoms with Crippen molar-refractivity contribution in [1.82, 2.24) is 4.90 Å². The normalized spacial score (nSPS) is 17.9. The number of likely N-dealkylation sites (tertiary alicyclic amines) is 1. The molecule has 0 saturated carbocycles. The van der Waals surface area contributed by atoms with E-state index in [1.54, 1.807) is 10.4 Å². The predicted molar refractivity (Wildman–Crippen MR) is 72.4 cm³/mol. The molecule has 0 amide bonds. The first kappa shape index (κ1) is 12.1. The standard InChI is InChI=1S/C14H23NS/c1-3-14-13(12(2)11-16-14)7-10-15-8-5-4-6-9-15/h11H,3-10H2,1-2H3. The van der Waals surface area contributed by atoms with Gasteiger partial charge in [-0.3, -0.25) is 0 Å². The van der Waals surface area contributed by atoms with Crippen molar-refractivity contribution in [3.8, 4) is 0 Å². The molecular weight excluding hydrogens is 214 g/mol. The first-order chi connectivity index (χ1) is 7.81. The zero-order valence-electron chi connectivity index (χ0n) is 10.6. The molecule has 1 saturated heterocycles. The first-order valence-corrected chi connectivity index (χ1v) is 7.47. The van der Waals surface area contributed by atoms with Gasteiger partial charge in [-0.05, 0) is 62.2 Å². The van der Waals surface area contributed by atoms with Crippen LogP contribution in [0.25, 0.3) is 0 Å². The van der Waals surface area contributed by atoms with Crippen molar-refractivity contribution in [2.75, 3.05) is 19.6 Å². The molecular formula is C14H23NS. The van der Waals surface area contributed by atoms with Crippen LogP contribution in [0.15, 0.2) is 5.38 Å². The quantitative estimate of drug-likeness (QED) is 0.772. The van der Waals surface area contributed by atoms with Gasteiger partial charge in [0.25, 0.3) is 0 Å². The Morgan fingerprint density at radius 1 is 1.25 bits per heavy atom. The number of rotatable bonds is 4. The van der Waals surface area contributed by atoms with Gasteiger partial charge >= 0.3 is 0 Å². The van der Waals surface area contributed by atoms with Crippen molar-refractivity contribution in [3.63, 3.8) is 0 Å². The molecule has 0 bridgehead atoms. The smallest absolute Gasteiger partial charge is 0.00776 e. The minimum Gasteiger partial charge on any atom is -0.303 e. The number of piperidine rings is 1. The molecule has 0 unspecified atom stereocenters. The number of hydrogen-bond acceptors (Lipinski definition) is 2. The van der Waals surface area contributed by atoms with E-state index in [0.717, 1.165) is 0 Å². The highest BCUT2D eigenvalue weighted by atomic mass is 32.1. The van der Waals surface area contributed by atoms with E-state index in [-0.39, 0.29) is 0 Å². The third kappa shape index (κ3) is 2.86. The fraction of sp³-hybridized carbons (Fsp3) is 0.714. The van der Waals surface area contributed by atoms with Gasteiger partial charge in [-0.1, -0.05) is 13.3 Å². The SMILES string of the molecule is CCc1scc(C)c1CCN1CCCCC1. The van der Waals surface area contributed by atoms with Crippen LogP contribution in [0.3, 0.4) is 0 Å². The van der Waals surface area contributed by atoms with E-state index in [1.807, 2.05) is 11.3 Å². The van der Waals surface area contributed by atoms with Gasteiger partial charge in [0.2, 0.25) is 0 Å². The van der Waals surface area contributed by atoms with E-state index < -0.39 is 0 Å². The summed E-state index contributed by atoms with van der Waals surface area (Å²) in [7, 11) is 0. The molecule has 2 rings (SSSR count). The lowest BCUT2D eigenvalue weighted by atomic mass is 10.1. The number of thiophene rings is 1. The Labute approximate surface area is 103 Å².